The Kier molecular flexibility index (Phi) is 3.78. The molecule has 0 aliphatic carbocycles. The SMILES string of the molecule is Oc1ccc(-c2nc(Cl)c(Br)c(Cl)n2)cc1Cl. The van der Waals surface area contributed by atoms with Crippen LogP contribution in [-0.4, -0.2) is 15.1 Å². The van der Waals surface area contributed by atoms with E-state index in [0.29, 0.717) is 15.9 Å². The molecule has 0 unspecified atom stereocenters. The first-order valence-corrected chi connectivity index (χ1v) is 6.29. The highest BCUT2D eigenvalue weighted by molar-refractivity contribution is 9.10. The highest BCUT2D eigenvalue weighted by Crippen LogP contribution is 2.32. The van der Waals surface area contributed by atoms with Crippen LogP contribution in [0.1, 0.15) is 0 Å². The summed E-state index contributed by atoms with van der Waals surface area (Å²) < 4.78 is 0.439. The summed E-state index contributed by atoms with van der Waals surface area (Å²) in [7, 11) is 0. The summed E-state index contributed by atoms with van der Waals surface area (Å²) in [5.74, 6) is 0.329. The van der Waals surface area contributed by atoms with Crippen molar-refractivity contribution in [2.75, 3.05) is 0 Å². The first kappa shape index (κ1) is 12.9. The van der Waals surface area contributed by atoms with Gasteiger partial charge in [0.25, 0.3) is 0 Å². The minimum Gasteiger partial charge on any atom is -0.506 e. The lowest BCUT2D eigenvalue weighted by molar-refractivity contribution is 0.475. The van der Waals surface area contributed by atoms with E-state index in [1.807, 2.05) is 0 Å². The Morgan fingerprint density at radius 2 is 1.65 bits per heavy atom. The Labute approximate surface area is 120 Å². The average Bonchev–Trinajstić information content (AvgIpc) is 2.29. The molecule has 1 aromatic carbocycles. The summed E-state index contributed by atoms with van der Waals surface area (Å²) >= 11 is 20.7. The second kappa shape index (κ2) is 4.98. The highest BCUT2D eigenvalue weighted by atomic mass is 79.9. The van der Waals surface area contributed by atoms with E-state index in [-0.39, 0.29) is 21.1 Å². The molecule has 3 nitrogen and oxygen atoms in total. The van der Waals surface area contributed by atoms with Gasteiger partial charge in [0.2, 0.25) is 0 Å². The van der Waals surface area contributed by atoms with Gasteiger partial charge >= 0.3 is 0 Å². The van der Waals surface area contributed by atoms with Gasteiger partial charge in [-0.3, -0.25) is 0 Å². The zero-order valence-corrected chi connectivity index (χ0v) is 11.9. The lowest BCUT2D eigenvalue weighted by Gasteiger charge is -2.05. The molecule has 0 amide bonds. The molecule has 1 aromatic heterocycles. The van der Waals surface area contributed by atoms with Crippen LogP contribution in [-0.2, 0) is 0 Å². The van der Waals surface area contributed by atoms with E-state index in [9.17, 15) is 5.11 Å². The number of halogens is 4. The lowest BCUT2D eigenvalue weighted by Crippen LogP contribution is -1.92. The van der Waals surface area contributed by atoms with Gasteiger partial charge in [-0.05, 0) is 34.1 Å². The zero-order chi connectivity index (χ0) is 12.6. The van der Waals surface area contributed by atoms with Crippen molar-refractivity contribution < 1.29 is 5.11 Å². The second-order valence-corrected chi connectivity index (χ2v) is 5.03. The third-order valence-electron chi connectivity index (χ3n) is 1.98. The van der Waals surface area contributed by atoms with Gasteiger partial charge in [-0.15, -0.1) is 0 Å². The van der Waals surface area contributed by atoms with Crippen molar-refractivity contribution in [2.24, 2.45) is 0 Å². The van der Waals surface area contributed by atoms with Crippen LogP contribution >= 0.6 is 50.7 Å². The van der Waals surface area contributed by atoms with Gasteiger partial charge in [-0.1, -0.05) is 34.8 Å². The number of benzene rings is 1. The van der Waals surface area contributed by atoms with Crippen LogP contribution in [0.25, 0.3) is 11.4 Å². The van der Waals surface area contributed by atoms with E-state index < -0.39 is 0 Å². The third-order valence-corrected chi connectivity index (χ3v) is 4.03. The van der Waals surface area contributed by atoms with Crippen molar-refractivity contribution in [3.05, 3.63) is 38.0 Å². The molecule has 2 aromatic rings. The highest BCUT2D eigenvalue weighted by Gasteiger charge is 2.11. The van der Waals surface area contributed by atoms with Gasteiger partial charge in [0, 0.05) is 5.56 Å². The van der Waals surface area contributed by atoms with E-state index in [2.05, 4.69) is 25.9 Å². The predicted molar refractivity (Wildman–Crippen MR) is 71.9 cm³/mol. The maximum absolute atomic E-state index is 9.31. The Morgan fingerprint density at radius 1 is 1.06 bits per heavy atom. The van der Waals surface area contributed by atoms with Crippen LogP contribution in [0, 0.1) is 0 Å². The summed E-state index contributed by atoms with van der Waals surface area (Å²) in [4.78, 5) is 8.11. The van der Waals surface area contributed by atoms with Gasteiger partial charge < -0.3 is 5.11 Å². The smallest absolute Gasteiger partial charge is 0.162 e. The molecular weight excluding hydrogens is 350 g/mol. The molecule has 1 heterocycles. The molecular formula is C10H4BrCl3N2O. The Hall–Kier alpha value is -0.550. The maximum Gasteiger partial charge on any atom is 0.162 e. The average molecular weight is 354 g/mol. The summed E-state index contributed by atoms with van der Waals surface area (Å²) in [6.07, 6.45) is 0. The molecule has 2 rings (SSSR count). The predicted octanol–water partition coefficient (Wildman–Crippen LogP) is 4.57. The molecule has 0 fully saturated rings. The molecule has 0 spiro atoms. The largest absolute Gasteiger partial charge is 0.506 e. The van der Waals surface area contributed by atoms with Crippen molar-refractivity contribution in [1.29, 1.82) is 0 Å². The van der Waals surface area contributed by atoms with Gasteiger partial charge in [-0.25, -0.2) is 9.97 Å². The number of rotatable bonds is 1. The van der Waals surface area contributed by atoms with Gasteiger partial charge in [-0.2, -0.15) is 0 Å². The van der Waals surface area contributed by atoms with Crippen LogP contribution in [0.2, 0.25) is 15.3 Å². The first-order chi connectivity index (χ1) is 7.99. The number of hydrogen-bond acceptors (Lipinski definition) is 3. The Balaban J connectivity index is 2.57. The summed E-state index contributed by atoms with van der Waals surface area (Å²) in [5.41, 5.74) is 0.615. The van der Waals surface area contributed by atoms with Crippen LogP contribution in [0.15, 0.2) is 22.7 Å². The summed E-state index contributed by atoms with van der Waals surface area (Å²) in [6, 6.07) is 4.61. The van der Waals surface area contributed by atoms with E-state index in [1.54, 1.807) is 6.07 Å². The molecule has 0 aliphatic rings. The Bertz CT molecular complexity index is 569. The number of aromatic hydroxyl groups is 1. The number of phenols is 1. The minimum absolute atomic E-state index is 0.00952. The standard InChI is InChI=1S/C10H4BrCl3N2O/c11-7-8(13)15-10(16-9(7)14)4-1-2-6(17)5(12)3-4/h1-3,17H. The minimum atomic E-state index is -0.00952. The van der Waals surface area contributed by atoms with Crippen LogP contribution in [0.5, 0.6) is 5.75 Å². The molecule has 0 aliphatic heterocycles. The van der Waals surface area contributed by atoms with Crippen molar-refractivity contribution in [1.82, 2.24) is 9.97 Å². The topological polar surface area (TPSA) is 46.0 Å². The maximum atomic E-state index is 9.31. The molecule has 0 saturated carbocycles. The van der Waals surface area contributed by atoms with Gasteiger partial charge in [0.05, 0.1) is 9.50 Å². The van der Waals surface area contributed by atoms with Crippen LogP contribution < -0.4 is 0 Å². The molecule has 0 bridgehead atoms. The van der Waals surface area contributed by atoms with Crippen molar-refractivity contribution >= 4 is 50.7 Å². The Morgan fingerprint density at radius 3 is 2.18 bits per heavy atom. The molecule has 0 saturated heterocycles. The summed E-state index contributed by atoms with van der Waals surface area (Å²) in [6.45, 7) is 0. The van der Waals surface area contributed by atoms with E-state index >= 15 is 0 Å². The quantitative estimate of drug-likeness (QED) is 0.763. The molecule has 0 radical (unpaired) electrons. The van der Waals surface area contributed by atoms with Crippen molar-refractivity contribution in [3.63, 3.8) is 0 Å². The fourth-order valence-electron chi connectivity index (χ4n) is 1.17. The van der Waals surface area contributed by atoms with E-state index in [4.69, 9.17) is 34.8 Å². The zero-order valence-electron chi connectivity index (χ0n) is 8.09. The van der Waals surface area contributed by atoms with Crippen LogP contribution in [0.3, 0.4) is 0 Å². The third kappa shape index (κ3) is 2.65. The van der Waals surface area contributed by atoms with Gasteiger partial charge in [0.15, 0.2) is 5.82 Å². The fourth-order valence-corrected chi connectivity index (χ4v) is 1.91. The van der Waals surface area contributed by atoms with Crippen molar-refractivity contribution in [2.45, 2.75) is 0 Å². The van der Waals surface area contributed by atoms with Crippen LogP contribution in [0.4, 0.5) is 0 Å². The number of phenolic OH excluding ortho intramolecular Hbond substituents is 1. The first-order valence-electron chi connectivity index (χ1n) is 4.36. The number of nitrogens with zero attached hydrogens (tertiary/aromatic N) is 2. The van der Waals surface area contributed by atoms with E-state index in [1.165, 1.54) is 12.1 Å². The molecule has 1 N–H and O–H groups in total. The number of hydrogen-bond donors (Lipinski definition) is 1. The second-order valence-electron chi connectivity index (χ2n) is 3.11. The molecule has 88 valence electrons. The molecule has 17 heavy (non-hydrogen) atoms. The normalized spacial score (nSPS) is 10.6. The van der Waals surface area contributed by atoms with E-state index in [0.717, 1.165) is 0 Å². The molecule has 0 atom stereocenters. The summed E-state index contributed by atoms with van der Waals surface area (Å²) in [5, 5.41) is 9.95. The monoisotopic (exact) mass is 352 g/mol. The lowest BCUT2D eigenvalue weighted by atomic mass is 10.2. The molecule has 7 heteroatoms. The number of aromatic nitrogens is 2. The van der Waals surface area contributed by atoms with Crippen molar-refractivity contribution in [3.8, 4) is 17.1 Å². The fraction of sp³-hybridized carbons (Fsp3) is 0. The van der Waals surface area contributed by atoms with Gasteiger partial charge in [0.1, 0.15) is 16.1 Å².